The largest absolute Gasteiger partial charge is 0.373 e. The first-order valence-electron chi connectivity index (χ1n) is 9.35. The minimum Gasteiger partial charge on any atom is -0.373 e. The molecule has 6 nitrogen and oxygen atoms in total. The summed E-state index contributed by atoms with van der Waals surface area (Å²) in [4.78, 5) is 22.0. The number of rotatable bonds is 6. The Morgan fingerprint density at radius 3 is 3.04 bits per heavy atom. The Hall–Kier alpha value is -2.18. The van der Waals surface area contributed by atoms with Gasteiger partial charge in [-0.05, 0) is 49.1 Å². The van der Waals surface area contributed by atoms with Crippen LogP contribution in [-0.4, -0.2) is 52.2 Å². The average Bonchev–Trinajstić information content (AvgIpc) is 3.33. The van der Waals surface area contributed by atoms with Crippen molar-refractivity contribution in [2.45, 2.75) is 50.5 Å². The lowest BCUT2D eigenvalue weighted by molar-refractivity contribution is -0.134. The number of carbonyl (C=O) groups is 1. The van der Waals surface area contributed by atoms with Crippen molar-refractivity contribution in [1.29, 1.82) is 0 Å². The topological polar surface area (TPSA) is 67.5 Å². The number of hydrogen-bond acceptors (Lipinski definition) is 4. The first-order valence-corrected chi connectivity index (χ1v) is 9.35. The second-order valence-corrected chi connectivity index (χ2v) is 6.99. The standard InChI is InChI=1S/C20H25N3O3/c24-19(6-5-16-3-1-9-22-16)23-13-18(20-17(23)4-2-12-25-20)26-14-15-7-10-21-11-8-15/h1,3,7-11,17-18,20,22H,2,4-6,12-14H2/t17-,18+,20+/m1/s1. The molecule has 0 unspecified atom stereocenters. The summed E-state index contributed by atoms with van der Waals surface area (Å²) >= 11 is 0. The number of ether oxygens (including phenoxy) is 2. The van der Waals surface area contributed by atoms with Crippen molar-refractivity contribution in [2.75, 3.05) is 13.2 Å². The SMILES string of the molecule is O=C(CCc1ccc[nH]1)N1C[C@H](OCc2ccncc2)[C@H]2OCCC[C@H]21. The highest BCUT2D eigenvalue weighted by Gasteiger charge is 2.46. The second-order valence-electron chi connectivity index (χ2n) is 6.99. The van der Waals surface area contributed by atoms with Gasteiger partial charge in [0.05, 0.1) is 12.6 Å². The van der Waals surface area contributed by atoms with Crippen LogP contribution in [0, 0.1) is 0 Å². The predicted octanol–water partition coefficient (Wildman–Crippen LogP) is 2.32. The summed E-state index contributed by atoms with van der Waals surface area (Å²) < 4.78 is 12.1. The number of pyridine rings is 1. The van der Waals surface area contributed by atoms with Crippen LogP contribution in [0.5, 0.6) is 0 Å². The number of amides is 1. The van der Waals surface area contributed by atoms with Gasteiger partial charge in [0.15, 0.2) is 0 Å². The van der Waals surface area contributed by atoms with E-state index in [1.165, 1.54) is 0 Å². The van der Waals surface area contributed by atoms with Gasteiger partial charge in [-0.25, -0.2) is 0 Å². The molecule has 2 aromatic heterocycles. The lowest BCUT2D eigenvalue weighted by Gasteiger charge is -2.32. The third-order valence-electron chi connectivity index (χ3n) is 5.28. The molecule has 1 N–H and O–H groups in total. The normalized spacial score (nSPS) is 25.2. The number of nitrogens with zero attached hydrogens (tertiary/aromatic N) is 2. The monoisotopic (exact) mass is 355 g/mol. The molecule has 26 heavy (non-hydrogen) atoms. The van der Waals surface area contributed by atoms with E-state index in [4.69, 9.17) is 9.47 Å². The summed E-state index contributed by atoms with van der Waals surface area (Å²) in [7, 11) is 0. The fraction of sp³-hybridized carbons (Fsp3) is 0.500. The zero-order chi connectivity index (χ0) is 17.8. The third kappa shape index (κ3) is 3.81. The van der Waals surface area contributed by atoms with Gasteiger partial charge in [-0.3, -0.25) is 9.78 Å². The van der Waals surface area contributed by atoms with E-state index in [0.29, 0.717) is 19.6 Å². The number of aromatic amines is 1. The smallest absolute Gasteiger partial charge is 0.223 e. The van der Waals surface area contributed by atoms with E-state index in [1.807, 2.05) is 35.4 Å². The Labute approximate surface area is 153 Å². The molecule has 0 spiro atoms. The molecule has 3 atom stereocenters. The van der Waals surface area contributed by atoms with E-state index in [2.05, 4.69) is 9.97 Å². The van der Waals surface area contributed by atoms with E-state index in [-0.39, 0.29) is 24.2 Å². The molecule has 2 aromatic rings. The minimum absolute atomic E-state index is 0.0139. The molecule has 4 rings (SSSR count). The molecule has 0 aromatic carbocycles. The number of H-pyrrole nitrogens is 1. The molecule has 0 radical (unpaired) electrons. The Morgan fingerprint density at radius 2 is 2.23 bits per heavy atom. The van der Waals surface area contributed by atoms with Crippen LogP contribution in [0.15, 0.2) is 42.9 Å². The number of carbonyl (C=O) groups excluding carboxylic acids is 1. The van der Waals surface area contributed by atoms with Crippen LogP contribution in [0.3, 0.4) is 0 Å². The number of nitrogens with one attached hydrogen (secondary N) is 1. The van der Waals surface area contributed by atoms with E-state index < -0.39 is 0 Å². The van der Waals surface area contributed by atoms with Gasteiger partial charge in [0, 0.05) is 43.9 Å². The van der Waals surface area contributed by atoms with Gasteiger partial charge in [-0.1, -0.05) is 0 Å². The predicted molar refractivity (Wildman–Crippen MR) is 96.4 cm³/mol. The van der Waals surface area contributed by atoms with Gasteiger partial charge in [-0.15, -0.1) is 0 Å². The van der Waals surface area contributed by atoms with E-state index in [9.17, 15) is 4.79 Å². The fourth-order valence-corrected chi connectivity index (χ4v) is 3.93. The fourth-order valence-electron chi connectivity index (χ4n) is 3.93. The maximum absolute atomic E-state index is 12.8. The van der Waals surface area contributed by atoms with Crippen molar-refractivity contribution < 1.29 is 14.3 Å². The highest BCUT2D eigenvalue weighted by atomic mass is 16.5. The lowest BCUT2D eigenvalue weighted by atomic mass is 10.0. The summed E-state index contributed by atoms with van der Waals surface area (Å²) in [6.45, 7) is 1.88. The molecule has 1 amide bonds. The van der Waals surface area contributed by atoms with Crippen molar-refractivity contribution in [3.8, 4) is 0 Å². The van der Waals surface area contributed by atoms with Crippen LogP contribution < -0.4 is 0 Å². The summed E-state index contributed by atoms with van der Waals surface area (Å²) in [5.74, 6) is 0.190. The average molecular weight is 355 g/mol. The molecule has 0 aliphatic carbocycles. The lowest BCUT2D eigenvalue weighted by Crippen LogP contribution is -2.43. The molecular weight excluding hydrogens is 330 g/mol. The first-order chi connectivity index (χ1) is 12.8. The van der Waals surface area contributed by atoms with Crippen molar-refractivity contribution in [3.05, 3.63) is 54.1 Å². The molecule has 138 valence electrons. The van der Waals surface area contributed by atoms with Crippen molar-refractivity contribution in [3.63, 3.8) is 0 Å². The van der Waals surface area contributed by atoms with Crippen LogP contribution in [0.25, 0.3) is 0 Å². The van der Waals surface area contributed by atoms with Gasteiger partial charge >= 0.3 is 0 Å². The molecule has 0 saturated carbocycles. The Kier molecular flexibility index (Phi) is 5.32. The molecule has 2 saturated heterocycles. The molecule has 4 heterocycles. The number of likely N-dealkylation sites (tertiary alicyclic amines) is 1. The van der Waals surface area contributed by atoms with Gasteiger partial charge in [-0.2, -0.15) is 0 Å². The van der Waals surface area contributed by atoms with E-state index >= 15 is 0 Å². The van der Waals surface area contributed by atoms with Crippen molar-refractivity contribution in [1.82, 2.24) is 14.9 Å². The van der Waals surface area contributed by atoms with E-state index in [0.717, 1.165) is 37.1 Å². The van der Waals surface area contributed by atoms with Crippen LogP contribution in [0.4, 0.5) is 0 Å². The van der Waals surface area contributed by atoms with Gasteiger partial charge in [0.1, 0.15) is 12.2 Å². The number of aryl methyl sites for hydroxylation is 1. The molecular formula is C20H25N3O3. The Balaban J connectivity index is 1.38. The zero-order valence-corrected chi connectivity index (χ0v) is 14.8. The van der Waals surface area contributed by atoms with Crippen molar-refractivity contribution in [2.24, 2.45) is 0 Å². The summed E-state index contributed by atoms with van der Waals surface area (Å²) in [5, 5.41) is 0. The minimum atomic E-state index is -0.0668. The summed E-state index contributed by atoms with van der Waals surface area (Å²) in [5.41, 5.74) is 2.18. The molecule has 2 aliphatic heterocycles. The van der Waals surface area contributed by atoms with Crippen LogP contribution in [0.1, 0.15) is 30.5 Å². The van der Waals surface area contributed by atoms with Gasteiger partial charge in [0.25, 0.3) is 0 Å². The highest BCUT2D eigenvalue weighted by Crippen LogP contribution is 2.31. The Bertz CT molecular complexity index is 704. The van der Waals surface area contributed by atoms with Gasteiger partial charge in [0.2, 0.25) is 5.91 Å². The number of hydrogen-bond donors (Lipinski definition) is 1. The second kappa shape index (κ2) is 8.01. The summed E-state index contributed by atoms with van der Waals surface area (Å²) in [6.07, 6.45) is 8.59. The van der Waals surface area contributed by atoms with Gasteiger partial charge < -0.3 is 19.4 Å². The zero-order valence-electron chi connectivity index (χ0n) is 14.8. The molecule has 0 bridgehead atoms. The Morgan fingerprint density at radius 1 is 1.35 bits per heavy atom. The van der Waals surface area contributed by atoms with E-state index in [1.54, 1.807) is 12.4 Å². The van der Waals surface area contributed by atoms with Crippen LogP contribution >= 0.6 is 0 Å². The summed E-state index contributed by atoms with van der Waals surface area (Å²) in [6, 6.07) is 8.02. The maximum atomic E-state index is 12.8. The number of fused-ring (bicyclic) bond motifs is 1. The quantitative estimate of drug-likeness (QED) is 0.863. The maximum Gasteiger partial charge on any atom is 0.223 e. The third-order valence-corrected chi connectivity index (χ3v) is 5.28. The van der Waals surface area contributed by atoms with Crippen LogP contribution in [-0.2, 0) is 27.3 Å². The number of aromatic nitrogens is 2. The highest BCUT2D eigenvalue weighted by molar-refractivity contribution is 5.77. The molecule has 2 aliphatic rings. The first kappa shape index (κ1) is 17.2. The molecule has 6 heteroatoms. The van der Waals surface area contributed by atoms with Crippen LogP contribution in [0.2, 0.25) is 0 Å². The van der Waals surface area contributed by atoms with Crippen molar-refractivity contribution >= 4 is 5.91 Å². The molecule has 2 fully saturated rings.